The van der Waals surface area contributed by atoms with E-state index in [0.29, 0.717) is 5.75 Å². The van der Waals surface area contributed by atoms with Crippen LogP contribution in [-0.4, -0.2) is 7.11 Å². The van der Waals surface area contributed by atoms with Gasteiger partial charge in [0.05, 0.1) is 7.11 Å². The third-order valence-electron chi connectivity index (χ3n) is 3.06. The number of hydrogen-bond acceptors (Lipinski definition) is 3. The maximum Gasteiger partial charge on any atom is 0.169 e. The van der Waals surface area contributed by atoms with Gasteiger partial charge >= 0.3 is 0 Å². The SMILES string of the molecule is CCc1ccc(Oc2ccc(N)cc2C)c(OC)c1. The average Bonchev–Trinajstić information content (AvgIpc) is 2.42. The maximum absolute atomic E-state index is 5.91. The molecule has 0 aliphatic carbocycles. The molecule has 0 heterocycles. The topological polar surface area (TPSA) is 44.5 Å². The predicted molar refractivity (Wildman–Crippen MR) is 78.0 cm³/mol. The molecule has 0 aromatic heterocycles. The second-order valence-corrected chi connectivity index (χ2v) is 4.47. The Morgan fingerprint density at radius 1 is 1.00 bits per heavy atom. The van der Waals surface area contributed by atoms with E-state index in [1.165, 1.54) is 5.56 Å². The van der Waals surface area contributed by atoms with Crippen LogP contribution in [0.1, 0.15) is 18.1 Å². The zero-order valence-electron chi connectivity index (χ0n) is 11.6. The van der Waals surface area contributed by atoms with Crippen molar-refractivity contribution in [2.45, 2.75) is 20.3 Å². The van der Waals surface area contributed by atoms with Crippen LogP contribution in [0.25, 0.3) is 0 Å². The summed E-state index contributed by atoms with van der Waals surface area (Å²) in [4.78, 5) is 0. The first kappa shape index (κ1) is 13.3. The fraction of sp³-hybridized carbons (Fsp3) is 0.250. The van der Waals surface area contributed by atoms with E-state index in [4.69, 9.17) is 15.2 Å². The highest BCUT2D eigenvalue weighted by Gasteiger charge is 2.08. The summed E-state index contributed by atoms with van der Waals surface area (Å²) < 4.78 is 11.3. The summed E-state index contributed by atoms with van der Waals surface area (Å²) in [6, 6.07) is 11.6. The highest BCUT2D eigenvalue weighted by atomic mass is 16.5. The van der Waals surface area contributed by atoms with Gasteiger partial charge in [-0.05, 0) is 54.8 Å². The van der Waals surface area contributed by atoms with Crippen LogP contribution >= 0.6 is 0 Å². The Bertz CT molecular complexity index is 579. The van der Waals surface area contributed by atoms with Crippen molar-refractivity contribution in [2.75, 3.05) is 12.8 Å². The minimum atomic E-state index is 0.715. The Morgan fingerprint density at radius 3 is 2.37 bits per heavy atom. The summed E-state index contributed by atoms with van der Waals surface area (Å²) in [5, 5.41) is 0. The van der Waals surface area contributed by atoms with Crippen LogP contribution in [0.4, 0.5) is 5.69 Å². The molecule has 0 amide bonds. The molecule has 2 N–H and O–H groups in total. The van der Waals surface area contributed by atoms with Gasteiger partial charge in [0.1, 0.15) is 5.75 Å². The molecule has 2 aromatic rings. The number of rotatable bonds is 4. The molecule has 3 nitrogen and oxygen atoms in total. The lowest BCUT2D eigenvalue weighted by Crippen LogP contribution is -1.94. The zero-order valence-corrected chi connectivity index (χ0v) is 11.6. The van der Waals surface area contributed by atoms with Crippen molar-refractivity contribution >= 4 is 5.69 Å². The van der Waals surface area contributed by atoms with Crippen molar-refractivity contribution in [3.05, 3.63) is 47.5 Å². The second-order valence-electron chi connectivity index (χ2n) is 4.47. The van der Waals surface area contributed by atoms with Crippen molar-refractivity contribution in [2.24, 2.45) is 0 Å². The van der Waals surface area contributed by atoms with Crippen molar-refractivity contribution in [3.8, 4) is 17.2 Å². The molecule has 0 aliphatic rings. The fourth-order valence-electron chi connectivity index (χ4n) is 1.92. The molecule has 0 saturated carbocycles. The minimum Gasteiger partial charge on any atom is -0.493 e. The summed E-state index contributed by atoms with van der Waals surface area (Å²) >= 11 is 0. The summed E-state index contributed by atoms with van der Waals surface area (Å²) in [6.45, 7) is 4.08. The van der Waals surface area contributed by atoms with Crippen molar-refractivity contribution in [3.63, 3.8) is 0 Å². The summed E-state index contributed by atoms with van der Waals surface area (Å²) in [7, 11) is 1.65. The summed E-state index contributed by atoms with van der Waals surface area (Å²) in [5.41, 5.74) is 8.69. The van der Waals surface area contributed by atoms with Crippen molar-refractivity contribution in [1.82, 2.24) is 0 Å². The van der Waals surface area contributed by atoms with Crippen LogP contribution in [0, 0.1) is 6.92 Å². The molecule has 0 atom stereocenters. The molecule has 19 heavy (non-hydrogen) atoms. The molecule has 0 radical (unpaired) electrons. The van der Waals surface area contributed by atoms with Crippen LogP contribution in [0.2, 0.25) is 0 Å². The molecule has 2 rings (SSSR count). The van der Waals surface area contributed by atoms with Gasteiger partial charge in [-0.25, -0.2) is 0 Å². The van der Waals surface area contributed by atoms with Gasteiger partial charge in [0.2, 0.25) is 0 Å². The Morgan fingerprint density at radius 2 is 1.74 bits per heavy atom. The van der Waals surface area contributed by atoms with Crippen LogP contribution in [-0.2, 0) is 6.42 Å². The fourth-order valence-corrected chi connectivity index (χ4v) is 1.92. The number of aryl methyl sites for hydroxylation is 2. The van der Waals surface area contributed by atoms with E-state index in [0.717, 1.165) is 29.2 Å². The molecule has 100 valence electrons. The number of benzene rings is 2. The lowest BCUT2D eigenvalue weighted by molar-refractivity contribution is 0.377. The van der Waals surface area contributed by atoms with Crippen LogP contribution in [0.3, 0.4) is 0 Å². The van der Waals surface area contributed by atoms with Crippen molar-refractivity contribution in [1.29, 1.82) is 0 Å². The Hall–Kier alpha value is -2.16. The third-order valence-corrected chi connectivity index (χ3v) is 3.06. The van der Waals surface area contributed by atoms with E-state index in [-0.39, 0.29) is 0 Å². The van der Waals surface area contributed by atoms with Gasteiger partial charge in [-0.3, -0.25) is 0 Å². The Labute approximate surface area is 114 Å². The Balaban J connectivity index is 2.32. The van der Waals surface area contributed by atoms with E-state index in [9.17, 15) is 0 Å². The molecule has 0 unspecified atom stereocenters. The van der Waals surface area contributed by atoms with Crippen LogP contribution in [0.15, 0.2) is 36.4 Å². The normalized spacial score (nSPS) is 10.3. The molecule has 0 fully saturated rings. The van der Waals surface area contributed by atoms with Gasteiger partial charge in [-0.2, -0.15) is 0 Å². The first-order valence-corrected chi connectivity index (χ1v) is 6.35. The number of ether oxygens (including phenoxy) is 2. The van der Waals surface area contributed by atoms with Gasteiger partial charge < -0.3 is 15.2 Å². The van der Waals surface area contributed by atoms with Gasteiger partial charge in [0, 0.05) is 5.69 Å². The van der Waals surface area contributed by atoms with Gasteiger partial charge in [-0.1, -0.05) is 13.0 Å². The number of hydrogen-bond donors (Lipinski definition) is 1. The largest absolute Gasteiger partial charge is 0.493 e. The standard InChI is InChI=1S/C16H19NO2/c1-4-12-5-7-15(16(10-12)18-3)19-14-8-6-13(17)9-11(14)2/h5-10H,4,17H2,1-3H3. The maximum atomic E-state index is 5.91. The summed E-state index contributed by atoms with van der Waals surface area (Å²) in [5.74, 6) is 2.25. The van der Waals surface area contributed by atoms with Crippen LogP contribution in [0.5, 0.6) is 17.2 Å². The molecule has 0 saturated heterocycles. The molecular weight excluding hydrogens is 238 g/mol. The van der Waals surface area contributed by atoms with Gasteiger partial charge in [0.15, 0.2) is 11.5 Å². The van der Waals surface area contributed by atoms with E-state index in [1.807, 2.05) is 43.3 Å². The first-order chi connectivity index (χ1) is 9.13. The van der Waals surface area contributed by atoms with E-state index in [2.05, 4.69) is 6.92 Å². The van der Waals surface area contributed by atoms with E-state index < -0.39 is 0 Å². The second kappa shape index (κ2) is 5.65. The highest BCUT2D eigenvalue weighted by molar-refractivity contribution is 5.51. The lowest BCUT2D eigenvalue weighted by atomic mass is 10.1. The number of nitrogen functional groups attached to an aromatic ring is 1. The molecule has 2 aromatic carbocycles. The number of methoxy groups -OCH3 is 1. The third kappa shape index (κ3) is 2.99. The quantitative estimate of drug-likeness (QED) is 0.844. The zero-order chi connectivity index (χ0) is 13.8. The van der Waals surface area contributed by atoms with Gasteiger partial charge in [-0.15, -0.1) is 0 Å². The first-order valence-electron chi connectivity index (χ1n) is 6.35. The molecule has 3 heteroatoms. The van der Waals surface area contributed by atoms with E-state index in [1.54, 1.807) is 7.11 Å². The smallest absolute Gasteiger partial charge is 0.169 e. The monoisotopic (exact) mass is 257 g/mol. The number of nitrogens with two attached hydrogens (primary N) is 1. The minimum absolute atomic E-state index is 0.715. The van der Waals surface area contributed by atoms with Crippen molar-refractivity contribution < 1.29 is 9.47 Å². The average molecular weight is 257 g/mol. The summed E-state index contributed by atoms with van der Waals surface area (Å²) in [6.07, 6.45) is 0.970. The molecular formula is C16H19NO2. The van der Waals surface area contributed by atoms with Crippen LogP contribution < -0.4 is 15.2 Å². The number of anilines is 1. The Kier molecular flexibility index (Phi) is 3.95. The molecule has 0 aliphatic heterocycles. The van der Waals surface area contributed by atoms with Gasteiger partial charge in [0.25, 0.3) is 0 Å². The molecule has 0 spiro atoms. The van der Waals surface area contributed by atoms with E-state index >= 15 is 0 Å². The predicted octanol–water partition coefficient (Wildman–Crippen LogP) is 3.94. The lowest BCUT2D eigenvalue weighted by Gasteiger charge is -2.13. The highest BCUT2D eigenvalue weighted by Crippen LogP contribution is 2.34. The molecule has 0 bridgehead atoms.